The lowest BCUT2D eigenvalue weighted by Crippen LogP contribution is -1.97. The van der Waals surface area contributed by atoms with E-state index in [0.29, 0.717) is 21.5 Å². The Hall–Kier alpha value is -1.13. The quantitative estimate of drug-likeness (QED) is 0.711. The van der Waals surface area contributed by atoms with Crippen LogP contribution in [0.1, 0.15) is 10.4 Å². The molecule has 0 spiro atoms. The van der Waals surface area contributed by atoms with Gasteiger partial charge >= 0.3 is 5.97 Å². The summed E-state index contributed by atoms with van der Waals surface area (Å²) in [4.78, 5) is 10.8. The predicted octanol–water partition coefficient (Wildman–Crippen LogP) is 5.79. The summed E-state index contributed by atoms with van der Waals surface area (Å²) in [5, 5.41) is 9.82. The van der Waals surface area contributed by atoms with Crippen molar-refractivity contribution >= 4 is 52.4 Å². The number of hydrogen-bond acceptors (Lipinski definition) is 2. The molecule has 0 amide bonds. The summed E-state index contributed by atoms with van der Waals surface area (Å²) < 4.78 is 5.51. The van der Waals surface area contributed by atoms with Gasteiger partial charge in [0.1, 0.15) is 11.5 Å². The number of carboxylic acids is 1. The van der Waals surface area contributed by atoms with Crippen LogP contribution in [0.3, 0.4) is 0 Å². The molecule has 104 valence electrons. The molecule has 20 heavy (non-hydrogen) atoms. The molecule has 2 aromatic rings. The first-order valence-electron chi connectivity index (χ1n) is 5.23. The molecule has 0 bridgehead atoms. The Morgan fingerprint density at radius 3 is 2.15 bits per heavy atom. The summed E-state index contributed by atoms with van der Waals surface area (Å²) in [6.45, 7) is 0. The molecule has 7 heteroatoms. The number of carboxylic acid groups (broad SMARTS) is 1. The normalized spacial score (nSPS) is 10.4. The minimum Gasteiger partial charge on any atom is -0.478 e. The minimum atomic E-state index is -1.12. The van der Waals surface area contributed by atoms with Crippen molar-refractivity contribution in [3.8, 4) is 11.5 Å². The topological polar surface area (TPSA) is 46.5 Å². The Labute approximate surface area is 134 Å². The lowest BCUT2D eigenvalue weighted by Gasteiger charge is -2.10. The molecule has 0 heterocycles. The van der Waals surface area contributed by atoms with Crippen LogP contribution >= 0.6 is 46.4 Å². The van der Waals surface area contributed by atoms with Crippen molar-refractivity contribution < 1.29 is 14.6 Å². The van der Waals surface area contributed by atoms with Crippen LogP contribution in [0.2, 0.25) is 20.1 Å². The monoisotopic (exact) mass is 350 g/mol. The summed E-state index contributed by atoms with van der Waals surface area (Å²) in [6, 6.07) is 7.10. The number of ether oxygens (including phenoxy) is 1. The molecular weight excluding hydrogens is 346 g/mol. The van der Waals surface area contributed by atoms with E-state index in [2.05, 4.69) is 0 Å². The van der Waals surface area contributed by atoms with Crippen molar-refractivity contribution in [2.45, 2.75) is 0 Å². The summed E-state index contributed by atoms with van der Waals surface area (Å²) in [6.07, 6.45) is 0. The molecular formula is C13H6Cl4O3. The Kier molecular flexibility index (Phi) is 4.66. The van der Waals surface area contributed by atoms with E-state index in [4.69, 9.17) is 56.2 Å². The maximum atomic E-state index is 10.8. The van der Waals surface area contributed by atoms with Gasteiger partial charge in [-0.25, -0.2) is 4.79 Å². The standard InChI is InChI=1S/C13H6Cl4O3/c14-8-3-6(1-2-7(8)13(18)19)20-12-5-10(16)9(15)4-11(12)17/h1-5H,(H,18,19). The summed E-state index contributed by atoms with van der Waals surface area (Å²) in [5.74, 6) is -0.491. The molecule has 0 unspecified atom stereocenters. The maximum Gasteiger partial charge on any atom is 0.337 e. The summed E-state index contributed by atoms with van der Waals surface area (Å²) >= 11 is 23.5. The first-order chi connectivity index (χ1) is 9.38. The lowest BCUT2D eigenvalue weighted by molar-refractivity contribution is 0.0697. The number of rotatable bonds is 3. The Morgan fingerprint density at radius 1 is 0.900 bits per heavy atom. The van der Waals surface area contributed by atoms with Crippen LogP contribution in [-0.4, -0.2) is 11.1 Å². The highest BCUT2D eigenvalue weighted by Crippen LogP contribution is 2.37. The van der Waals surface area contributed by atoms with Gasteiger partial charge in [-0.15, -0.1) is 0 Å². The fourth-order valence-corrected chi connectivity index (χ4v) is 2.27. The Balaban J connectivity index is 2.33. The smallest absolute Gasteiger partial charge is 0.337 e. The highest BCUT2D eigenvalue weighted by atomic mass is 35.5. The first-order valence-corrected chi connectivity index (χ1v) is 6.75. The second kappa shape index (κ2) is 6.10. The van der Waals surface area contributed by atoms with Crippen molar-refractivity contribution in [3.63, 3.8) is 0 Å². The van der Waals surface area contributed by atoms with E-state index in [9.17, 15) is 4.79 Å². The van der Waals surface area contributed by atoms with Crippen LogP contribution in [-0.2, 0) is 0 Å². The van der Waals surface area contributed by atoms with Crippen molar-refractivity contribution in [2.24, 2.45) is 0 Å². The average molecular weight is 352 g/mol. The van der Waals surface area contributed by atoms with Gasteiger partial charge in [0.2, 0.25) is 0 Å². The van der Waals surface area contributed by atoms with Crippen molar-refractivity contribution in [2.75, 3.05) is 0 Å². The van der Waals surface area contributed by atoms with Crippen molar-refractivity contribution in [1.82, 2.24) is 0 Å². The molecule has 0 saturated heterocycles. The molecule has 2 aromatic carbocycles. The van der Waals surface area contributed by atoms with Gasteiger partial charge in [-0.1, -0.05) is 46.4 Å². The number of aromatic carboxylic acids is 1. The molecule has 0 aliphatic heterocycles. The molecule has 3 nitrogen and oxygen atoms in total. The van der Waals surface area contributed by atoms with E-state index in [1.807, 2.05) is 0 Å². The predicted molar refractivity (Wildman–Crippen MR) is 80.0 cm³/mol. The van der Waals surface area contributed by atoms with Crippen LogP contribution < -0.4 is 4.74 Å². The zero-order valence-electron chi connectivity index (χ0n) is 9.66. The van der Waals surface area contributed by atoms with Crippen LogP contribution in [0.5, 0.6) is 11.5 Å². The van der Waals surface area contributed by atoms with Gasteiger partial charge in [-0.2, -0.15) is 0 Å². The zero-order chi connectivity index (χ0) is 14.9. The highest BCUT2D eigenvalue weighted by Gasteiger charge is 2.12. The molecule has 1 N–H and O–H groups in total. The van der Waals surface area contributed by atoms with Crippen molar-refractivity contribution in [3.05, 3.63) is 56.0 Å². The van der Waals surface area contributed by atoms with Crippen molar-refractivity contribution in [1.29, 1.82) is 0 Å². The molecule has 0 radical (unpaired) electrons. The van der Waals surface area contributed by atoms with Gasteiger partial charge < -0.3 is 9.84 Å². The second-order valence-electron chi connectivity index (χ2n) is 3.75. The average Bonchev–Trinajstić information content (AvgIpc) is 2.35. The van der Waals surface area contributed by atoms with Gasteiger partial charge in [0, 0.05) is 12.1 Å². The van der Waals surface area contributed by atoms with E-state index in [-0.39, 0.29) is 15.6 Å². The van der Waals surface area contributed by atoms with Gasteiger partial charge in [-0.05, 0) is 18.2 Å². The fraction of sp³-hybridized carbons (Fsp3) is 0. The van der Waals surface area contributed by atoms with Gasteiger partial charge in [0.15, 0.2) is 0 Å². The minimum absolute atomic E-state index is 0.0146. The molecule has 0 aliphatic carbocycles. The number of carbonyl (C=O) groups is 1. The third kappa shape index (κ3) is 3.30. The van der Waals surface area contributed by atoms with Gasteiger partial charge in [0.05, 0.1) is 25.7 Å². The van der Waals surface area contributed by atoms with E-state index in [1.165, 1.54) is 30.3 Å². The summed E-state index contributed by atoms with van der Waals surface area (Å²) in [7, 11) is 0. The molecule has 0 fully saturated rings. The SMILES string of the molecule is O=C(O)c1ccc(Oc2cc(Cl)c(Cl)cc2Cl)cc1Cl. The van der Waals surface area contributed by atoms with Crippen LogP contribution in [0.4, 0.5) is 0 Å². The Morgan fingerprint density at radius 2 is 1.55 bits per heavy atom. The third-order valence-corrected chi connectivity index (χ3v) is 3.70. The molecule has 0 atom stereocenters. The molecule has 0 aromatic heterocycles. The van der Waals surface area contributed by atoms with Crippen LogP contribution in [0, 0.1) is 0 Å². The second-order valence-corrected chi connectivity index (χ2v) is 5.37. The lowest BCUT2D eigenvalue weighted by atomic mass is 10.2. The summed E-state index contributed by atoms with van der Waals surface area (Å²) in [5.41, 5.74) is -0.0146. The number of benzene rings is 2. The highest BCUT2D eigenvalue weighted by molar-refractivity contribution is 6.43. The van der Waals surface area contributed by atoms with Gasteiger partial charge in [-0.3, -0.25) is 0 Å². The zero-order valence-corrected chi connectivity index (χ0v) is 12.7. The molecule has 2 rings (SSSR count). The number of hydrogen-bond donors (Lipinski definition) is 1. The molecule has 0 aliphatic rings. The number of halogens is 4. The van der Waals surface area contributed by atoms with E-state index < -0.39 is 5.97 Å². The largest absolute Gasteiger partial charge is 0.478 e. The van der Waals surface area contributed by atoms with Gasteiger partial charge in [0.25, 0.3) is 0 Å². The van der Waals surface area contributed by atoms with E-state index in [0.717, 1.165) is 0 Å². The fourth-order valence-electron chi connectivity index (χ4n) is 1.44. The van der Waals surface area contributed by atoms with Crippen LogP contribution in [0.25, 0.3) is 0 Å². The van der Waals surface area contributed by atoms with Crippen LogP contribution in [0.15, 0.2) is 30.3 Å². The maximum absolute atomic E-state index is 10.8. The molecule has 0 saturated carbocycles. The van der Waals surface area contributed by atoms with E-state index in [1.54, 1.807) is 0 Å². The first kappa shape index (κ1) is 15.3. The van der Waals surface area contributed by atoms with E-state index >= 15 is 0 Å². The Bertz CT molecular complexity index is 686. The third-order valence-electron chi connectivity index (χ3n) is 2.37.